The van der Waals surface area contributed by atoms with Gasteiger partial charge in [0.2, 0.25) is 5.89 Å². The van der Waals surface area contributed by atoms with E-state index in [1.165, 1.54) is 0 Å². The van der Waals surface area contributed by atoms with Crippen molar-refractivity contribution in [1.29, 1.82) is 0 Å². The molecule has 168 valence electrons. The second kappa shape index (κ2) is 8.74. The predicted octanol–water partition coefficient (Wildman–Crippen LogP) is 4.76. The molecule has 0 radical (unpaired) electrons. The Bertz CT molecular complexity index is 1310. The number of amides is 2. The zero-order valence-corrected chi connectivity index (χ0v) is 19.5. The number of hydrogen-bond donors (Lipinski definition) is 1. The van der Waals surface area contributed by atoms with Crippen LogP contribution in [0.1, 0.15) is 16.8 Å². The van der Waals surface area contributed by atoms with Crippen LogP contribution in [0.2, 0.25) is 0 Å². The lowest BCUT2D eigenvalue weighted by Gasteiger charge is -2.27. The van der Waals surface area contributed by atoms with E-state index in [1.54, 1.807) is 16.7 Å². The molecule has 2 aromatic carbocycles. The lowest BCUT2D eigenvalue weighted by Crippen LogP contribution is -2.39. The molecule has 2 amide bonds. The number of nitrogens with zero attached hydrogens (tertiary/aromatic N) is 5. The number of urea groups is 1. The third-order valence-electron chi connectivity index (χ3n) is 5.78. The molecule has 0 saturated carbocycles. The summed E-state index contributed by atoms with van der Waals surface area (Å²) in [6.45, 7) is 3.07. The molecule has 0 aliphatic carbocycles. The first-order chi connectivity index (χ1) is 16.0. The number of carbonyl (C=O) groups excluding carboxylic acids is 1. The topological polar surface area (TPSA) is 89.1 Å². The number of thioether (sulfide) groups is 1. The molecule has 2 aromatic heterocycles. The molecule has 1 aliphatic rings. The Morgan fingerprint density at radius 3 is 2.70 bits per heavy atom. The highest BCUT2D eigenvalue weighted by Gasteiger charge is 2.29. The molecule has 0 unspecified atom stereocenters. The quantitative estimate of drug-likeness (QED) is 0.442. The first kappa shape index (κ1) is 21.3. The Morgan fingerprint density at radius 2 is 1.91 bits per heavy atom. The van der Waals surface area contributed by atoms with Gasteiger partial charge in [0.25, 0.3) is 5.89 Å². The highest BCUT2D eigenvalue weighted by molar-refractivity contribution is 7.98. The third kappa shape index (κ3) is 4.23. The standard InChI is InChI=1S/C24H24N6O2S/c1-15-7-9-16(10-8-15)22-26-27-23(32-22)21-19-14-30(12-11-20(19)29(2)28-21)24(31)25-17-5-4-6-18(13-17)33-3/h4-10,13H,11-12,14H2,1-3H3,(H,25,31). The number of benzene rings is 2. The van der Waals surface area contributed by atoms with Crippen molar-refractivity contribution in [3.8, 4) is 23.0 Å². The summed E-state index contributed by atoms with van der Waals surface area (Å²) in [5.41, 5.74) is 5.45. The van der Waals surface area contributed by atoms with E-state index in [1.807, 2.05) is 73.4 Å². The van der Waals surface area contributed by atoms with Crippen LogP contribution in [0.15, 0.2) is 57.8 Å². The number of carbonyl (C=O) groups is 1. The lowest BCUT2D eigenvalue weighted by molar-refractivity contribution is 0.206. The number of rotatable bonds is 4. The number of fused-ring (bicyclic) bond motifs is 1. The molecule has 8 nitrogen and oxygen atoms in total. The summed E-state index contributed by atoms with van der Waals surface area (Å²) < 4.78 is 7.82. The average Bonchev–Trinajstić information content (AvgIpc) is 3.44. The molecule has 4 aromatic rings. The van der Waals surface area contributed by atoms with Crippen molar-refractivity contribution in [3.05, 3.63) is 65.4 Å². The number of aromatic nitrogens is 4. The van der Waals surface area contributed by atoms with Crippen molar-refractivity contribution in [3.63, 3.8) is 0 Å². The van der Waals surface area contributed by atoms with E-state index < -0.39 is 0 Å². The smallest absolute Gasteiger partial charge is 0.322 e. The second-order valence-electron chi connectivity index (χ2n) is 8.01. The van der Waals surface area contributed by atoms with Crippen molar-refractivity contribution >= 4 is 23.5 Å². The first-order valence-corrected chi connectivity index (χ1v) is 11.9. The van der Waals surface area contributed by atoms with E-state index >= 15 is 0 Å². The number of nitrogens with one attached hydrogen (secondary N) is 1. The Kier molecular flexibility index (Phi) is 5.63. The molecule has 0 spiro atoms. The zero-order valence-electron chi connectivity index (χ0n) is 18.7. The highest BCUT2D eigenvalue weighted by Crippen LogP contribution is 2.31. The van der Waals surface area contributed by atoms with E-state index in [9.17, 15) is 4.79 Å². The molecule has 9 heteroatoms. The van der Waals surface area contributed by atoms with Crippen molar-refractivity contribution < 1.29 is 9.21 Å². The van der Waals surface area contributed by atoms with Crippen molar-refractivity contribution in [1.82, 2.24) is 24.9 Å². The zero-order chi connectivity index (χ0) is 22.9. The molecule has 0 saturated heterocycles. The summed E-state index contributed by atoms with van der Waals surface area (Å²) in [6.07, 6.45) is 2.72. The minimum absolute atomic E-state index is 0.139. The normalized spacial score (nSPS) is 13.1. The summed E-state index contributed by atoms with van der Waals surface area (Å²) in [4.78, 5) is 15.9. The molecule has 3 heterocycles. The molecule has 0 bridgehead atoms. The number of anilines is 1. The summed E-state index contributed by atoms with van der Waals surface area (Å²) in [5, 5.41) is 16.1. The van der Waals surface area contributed by atoms with E-state index in [0.717, 1.165) is 33.0 Å². The Morgan fingerprint density at radius 1 is 1.12 bits per heavy atom. The lowest BCUT2D eigenvalue weighted by atomic mass is 10.1. The molecular formula is C24H24N6O2S. The third-order valence-corrected chi connectivity index (χ3v) is 6.50. The Labute approximate surface area is 196 Å². The minimum atomic E-state index is -0.139. The van der Waals surface area contributed by atoms with Crippen LogP contribution in [0.4, 0.5) is 10.5 Å². The van der Waals surface area contributed by atoms with Crippen LogP contribution in [0.25, 0.3) is 23.0 Å². The van der Waals surface area contributed by atoms with Gasteiger partial charge in [0.15, 0.2) is 5.69 Å². The van der Waals surface area contributed by atoms with E-state index in [2.05, 4.69) is 20.6 Å². The Hall–Kier alpha value is -3.59. The van der Waals surface area contributed by atoms with E-state index in [-0.39, 0.29) is 6.03 Å². The summed E-state index contributed by atoms with van der Waals surface area (Å²) in [6, 6.07) is 15.6. The highest BCUT2D eigenvalue weighted by atomic mass is 32.2. The second-order valence-corrected chi connectivity index (χ2v) is 8.89. The van der Waals surface area contributed by atoms with Crippen LogP contribution in [0.3, 0.4) is 0 Å². The fourth-order valence-corrected chi connectivity index (χ4v) is 4.43. The molecule has 1 aliphatic heterocycles. The molecule has 33 heavy (non-hydrogen) atoms. The van der Waals surface area contributed by atoms with Crippen LogP contribution < -0.4 is 5.32 Å². The molecule has 0 fully saturated rings. The Balaban J connectivity index is 1.38. The molecule has 1 N–H and O–H groups in total. The van der Waals surface area contributed by atoms with Crippen LogP contribution >= 0.6 is 11.8 Å². The van der Waals surface area contributed by atoms with Gasteiger partial charge in [-0.25, -0.2) is 4.79 Å². The summed E-state index contributed by atoms with van der Waals surface area (Å²) in [5.74, 6) is 0.806. The monoisotopic (exact) mass is 460 g/mol. The van der Waals surface area contributed by atoms with Gasteiger partial charge in [0.05, 0.1) is 6.54 Å². The van der Waals surface area contributed by atoms with Gasteiger partial charge in [0, 0.05) is 47.4 Å². The minimum Gasteiger partial charge on any atom is -0.415 e. The largest absolute Gasteiger partial charge is 0.415 e. The maximum atomic E-state index is 13.0. The first-order valence-electron chi connectivity index (χ1n) is 10.7. The molecule has 0 atom stereocenters. The number of hydrogen-bond acceptors (Lipinski definition) is 6. The average molecular weight is 461 g/mol. The van der Waals surface area contributed by atoms with Gasteiger partial charge < -0.3 is 14.6 Å². The van der Waals surface area contributed by atoms with E-state index in [4.69, 9.17) is 4.42 Å². The molecular weight excluding hydrogens is 436 g/mol. The van der Waals surface area contributed by atoms with Crippen molar-refractivity contribution in [2.75, 3.05) is 18.1 Å². The SMILES string of the molecule is CSc1cccc(NC(=O)N2CCc3c(c(-c4nnc(-c5ccc(C)cc5)o4)nn3C)C2)c1. The van der Waals surface area contributed by atoms with Gasteiger partial charge in [-0.2, -0.15) is 5.10 Å². The van der Waals surface area contributed by atoms with Crippen LogP contribution in [0.5, 0.6) is 0 Å². The predicted molar refractivity (Wildman–Crippen MR) is 128 cm³/mol. The summed E-state index contributed by atoms with van der Waals surface area (Å²) >= 11 is 1.64. The van der Waals surface area contributed by atoms with Crippen LogP contribution in [0, 0.1) is 6.92 Å². The molecule has 5 rings (SSSR count). The maximum Gasteiger partial charge on any atom is 0.322 e. The van der Waals surface area contributed by atoms with E-state index in [0.29, 0.717) is 37.0 Å². The van der Waals surface area contributed by atoms with Crippen molar-refractivity contribution in [2.24, 2.45) is 7.05 Å². The van der Waals surface area contributed by atoms with Gasteiger partial charge in [-0.1, -0.05) is 23.8 Å². The van der Waals surface area contributed by atoms with Crippen LogP contribution in [-0.4, -0.2) is 43.7 Å². The van der Waals surface area contributed by atoms with Gasteiger partial charge in [-0.3, -0.25) is 4.68 Å². The van der Waals surface area contributed by atoms with Gasteiger partial charge in [0.1, 0.15) is 0 Å². The van der Waals surface area contributed by atoms with Gasteiger partial charge in [-0.05, 0) is 43.5 Å². The maximum absolute atomic E-state index is 13.0. The fraction of sp³-hybridized carbons (Fsp3) is 0.250. The van der Waals surface area contributed by atoms with Gasteiger partial charge in [-0.15, -0.1) is 22.0 Å². The fourth-order valence-electron chi connectivity index (χ4n) is 3.97. The van der Waals surface area contributed by atoms with Crippen molar-refractivity contribution in [2.45, 2.75) is 24.8 Å². The summed E-state index contributed by atoms with van der Waals surface area (Å²) in [7, 11) is 1.91. The number of aryl methyl sites for hydroxylation is 2. The van der Waals surface area contributed by atoms with Crippen LogP contribution in [-0.2, 0) is 20.0 Å². The van der Waals surface area contributed by atoms with Gasteiger partial charge >= 0.3 is 6.03 Å².